The normalized spacial score (nSPS) is 11.3. The molecular weight excluding hydrogens is 386 g/mol. The van der Waals surface area contributed by atoms with Gasteiger partial charge >= 0.3 is 0 Å². The van der Waals surface area contributed by atoms with Crippen LogP contribution in [0.1, 0.15) is 37.6 Å². The maximum atomic E-state index is 12.5. The molecule has 1 N–H and O–H groups in total. The van der Waals surface area contributed by atoms with E-state index < -0.39 is 10.0 Å². The lowest BCUT2D eigenvalue weighted by atomic mass is 10.2. The highest BCUT2D eigenvalue weighted by atomic mass is 32.2. The Balaban J connectivity index is 1.91. The van der Waals surface area contributed by atoms with Gasteiger partial charge in [0.2, 0.25) is 10.0 Å². The molecular formula is C22H31N3O3S. The third kappa shape index (κ3) is 6.30. The van der Waals surface area contributed by atoms with Crippen LogP contribution in [0.25, 0.3) is 0 Å². The molecule has 0 aliphatic carbocycles. The number of amides is 1. The Bertz CT molecular complexity index is 864. The Morgan fingerprint density at radius 2 is 1.52 bits per heavy atom. The van der Waals surface area contributed by atoms with Crippen LogP contribution in [-0.4, -0.2) is 51.9 Å². The molecule has 0 bridgehead atoms. The summed E-state index contributed by atoms with van der Waals surface area (Å²) in [5, 5.41) is 0. The summed E-state index contributed by atoms with van der Waals surface area (Å²) in [5.74, 6) is -0.0903. The fourth-order valence-electron chi connectivity index (χ4n) is 3.14. The molecule has 0 unspecified atom stereocenters. The SMILES string of the molecule is CCN(CC)C(=O)c1ccc(S(=O)(=O)NCCCN(CC)c2ccccc2)cc1. The molecule has 0 aliphatic heterocycles. The number of nitrogens with one attached hydrogen (secondary N) is 1. The highest BCUT2D eigenvalue weighted by molar-refractivity contribution is 7.89. The van der Waals surface area contributed by atoms with Crippen LogP contribution in [-0.2, 0) is 10.0 Å². The van der Waals surface area contributed by atoms with Crippen LogP contribution >= 0.6 is 0 Å². The van der Waals surface area contributed by atoms with E-state index in [9.17, 15) is 13.2 Å². The van der Waals surface area contributed by atoms with Crippen molar-refractivity contribution >= 4 is 21.6 Å². The third-order valence-corrected chi connectivity index (χ3v) is 6.34. The van der Waals surface area contributed by atoms with Gasteiger partial charge < -0.3 is 9.80 Å². The van der Waals surface area contributed by atoms with Gasteiger partial charge in [0.15, 0.2) is 0 Å². The smallest absolute Gasteiger partial charge is 0.253 e. The number of para-hydroxylation sites is 1. The van der Waals surface area contributed by atoms with Gasteiger partial charge in [0.25, 0.3) is 5.91 Å². The predicted molar refractivity (Wildman–Crippen MR) is 118 cm³/mol. The van der Waals surface area contributed by atoms with Gasteiger partial charge in [-0.25, -0.2) is 13.1 Å². The minimum absolute atomic E-state index is 0.0903. The molecule has 158 valence electrons. The lowest BCUT2D eigenvalue weighted by Crippen LogP contribution is -2.31. The van der Waals surface area contributed by atoms with Crippen molar-refractivity contribution < 1.29 is 13.2 Å². The summed E-state index contributed by atoms with van der Waals surface area (Å²) >= 11 is 0. The highest BCUT2D eigenvalue weighted by Gasteiger charge is 2.16. The molecule has 0 radical (unpaired) electrons. The molecule has 0 spiro atoms. The summed E-state index contributed by atoms with van der Waals surface area (Å²) < 4.78 is 27.7. The van der Waals surface area contributed by atoms with Gasteiger partial charge in [0, 0.05) is 44.0 Å². The molecule has 7 heteroatoms. The van der Waals surface area contributed by atoms with Crippen molar-refractivity contribution in [2.45, 2.75) is 32.1 Å². The lowest BCUT2D eigenvalue weighted by molar-refractivity contribution is 0.0773. The van der Waals surface area contributed by atoms with Gasteiger partial charge in [0.1, 0.15) is 0 Å². The van der Waals surface area contributed by atoms with Crippen molar-refractivity contribution in [2.24, 2.45) is 0 Å². The van der Waals surface area contributed by atoms with Crippen LogP contribution in [0.15, 0.2) is 59.5 Å². The van der Waals surface area contributed by atoms with Gasteiger partial charge in [-0.3, -0.25) is 4.79 Å². The van der Waals surface area contributed by atoms with Crippen LogP contribution in [0.3, 0.4) is 0 Å². The van der Waals surface area contributed by atoms with E-state index in [-0.39, 0.29) is 10.8 Å². The fourth-order valence-corrected chi connectivity index (χ4v) is 4.21. The zero-order valence-corrected chi connectivity index (χ0v) is 18.3. The van der Waals surface area contributed by atoms with Gasteiger partial charge in [-0.2, -0.15) is 0 Å². The van der Waals surface area contributed by atoms with Crippen molar-refractivity contribution in [2.75, 3.05) is 37.6 Å². The van der Waals surface area contributed by atoms with Crippen LogP contribution in [0.2, 0.25) is 0 Å². The minimum atomic E-state index is -3.60. The number of hydrogen-bond donors (Lipinski definition) is 1. The van der Waals surface area contributed by atoms with Crippen molar-refractivity contribution in [1.29, 1.82) is 0 Å². The second-order valence-electron chi connectivity index (χ2n) is 6.67. The van der Waals surface area contributed by atoms with Crippen LogP contribution in [0.4, 0.5) is 5.69 Å². The van der Waals surface area contributed by atoms with Crippen LogP contribution in [0.5, 0.6) is 0 Å². The molecule has 2 aromatic carbocycles. The Hall–Kier alpha value is -2.38. The summed E-state index contributed by atoms with van der Waals surface area (Å²) in [6.45, 7) is 9.13. The Kier molecular flexibility index (Phi) is 8.67. The van der Waals surface area contributed by atoms with Gasteiger partial charge in [0.05, 0.1) is 4.90 Å². The number of nitrogens with zero attached hydrogens (tertiary/aromatic N) is 2. The molecule has 0 fully saturated rings. The van der Waals surface area contributed by atoms with E-state index in [4.69, 9.17) is 0 Å². The number of rotatable bonds is 11. The summed E-state index contributed by atoms with van der Waals surface area (Å²) in [5.41, 5.74) is 1.63. The number of anilines is 1. The number of sulfonamides is 1. The van der Waals surface area contributed by atoms with Gasteiger partial charge in [-0.1, -0.05) is 18.2 Å². The van der Waals surface area contributed by atoms with Crippen LogP contribution < -0.4 is 9.62 Å². The quantitative estimate of drug-likeness (QED) is 0.569. The average molecular weight is 418 g/mol. The van der Waals surface area contributed by atoms with Gasteiger partial charge in [-0.15, -0.1) is 0 Å². The molecule has 0 aliphatic rings. The van der Waals surface area contributed by atoms with Crippen LogP contribution in [0, 0.1) is 0 Å². The van der Waals surface area contributed by atoms with Gasteiger partial charge in [-0.05, 0) is 63.6 Å². The monoisotopic (exact) mass is 417 g/mol. The highest BCUT2D eigenvalue weighted by Crippen LogP contribution is 2.14. The molecule has 29 heavy (non-hydrogen) atoms. The number of carbonyl (C=O) groups excluding carboxylic acids is 1. The molecule has 6 nitrogen and oxygen atoms in total. The largest absolute Gasteiger partial charge is 0.372 e. The van der Waals surface area contributed by atoms with E-state index in [2.05, 4.69) is 28.7 Å². The first-order valence-electron chi connectivity index (χ1n) is 10.1. The molecule has 2 rings (SSSR count). The van der Waals surface area contributed by atoms with Crippen molar-refractivity contribution in [3.05, 3.63) is 60.2 Å². The first-order valence-corrected chi connectivity index (χ1v) is 11.6. The Morgan fingerprint density at radius 3 is 2.07 bits per heavy atom. The molecule has 1 amide bonds. The summed E-state index contributed by atoms with van der Waals surface area (Å²) in [6.07, 6.45) is 0.695. The molecule has 2 aromatic rings. The molecule has 0 atom stereocenters. The van der Waals surface area contributed by atoms with E-state index in [0.717, 1.165) is 18.8 Å². The fraction of sp³-hybridized carbons (Fsp3) is 0.409. The zero-order chi connectivity index (χ0) is 21.3. The molecule has 0 aromatic heterocycles. The van der Waals surface area contributed by atoms with E-state index in [1.165, 1.54) is 12.1 Å². The van der Waals surface area contributed by atoms with Crippen molar-refractivity contribution in [3.8, 4) is 0 Å². The van der Waals surface area contributed by atoms with E-state index in [1.54, 1.807) is 17.0 Å². The number of hydrogen-bond acceptors (Lipinski definition) is 4. The topological polar surface area (TPSA) is 69.7 Å². The second kappa shape index (κ2) is 11.0. The molecule has 0 saturated heterocycles. The Labute approximate surface area is 174 Å². The standard InChI is InChI=1S/C22H31N3O3S/c1-4-24(5-2)22(26)19-13-15-21(16-14-19)29(27,28)23-17-10-18-25(6-3)20-11-8-7-9-12-20/h7-9,11-16,23H,4-6,10,17-18H2,1-3H3. The molecule has 0 saturated carbocycles. The summed E-state index contributed by atoms with van der Waals surface area (Å²) in [7, 11) is -3.60. The van der Waals surface area contributed by atoms with Crippen molar-refractivity contribution in [1.82, 2.24) is 9.62 Å². The summed E-state index contributed by atoms with van der Waals surface area (Å²) in [6, 6.07) is 16.2. The minimum Gasteiger partial charge on any atom is -0.372 e. The first-order chi connectivity index (χ1) is 13.9. The summed E-state index contributed by atoms with van der Waals surface area (Å²) in [4.78, 5) is 16.4. The lowest BCUT2D eigenvalue weighted by Gasteiger charge is -2.23. The molecule has 0 heterocycles. The maximum Gasteiger partial charge on any atom is 0.253 e. The van der Waals surface area contributed by atoms with E-state index in [0.29, 0.717) is 31.6 Å². The van der Waals surface area contributed by atoms with E-state index in [1.807, 2.05) is 32.0 Å². The van der Waals surface area contributed by atoms with E-state index >= 15 is 0 Å². The Morgan fingerprint density at radius 1 is 0.897 bits per heavy atom. The number of benzene rings is 2. The average Bonchev–Trinajstić information content (AvgIpc) is 2.75. The second-order valence-corrected chi connectivity index (χ2v) is 8.44. The first kappa shape index (κ1) is 22.9. The number of carbonyl (C=O) groups is 1. The predicted octanol–water partition coefficient (Wildman–Crippen LogP) is 3.36. The zero-order valence-electron chi connectivity index (χ0n) is 17.5. The maximum absolute atomic E-state index is 12.5. The third-order valence-electron chi connectivity index (χ3n) is 4.86. The van der Waals surface area contributed by atoms with Crippen molar-refractivity contribution in [3.63, 3.8) is 0 Å².